The zero-order valence-electron chi connectivity index (χ0n) is 35.3. The molecule has 1 unspecified atom stereocenters. The molecule has 58 heavy (non-hydrogen) atoms. The Labute approximate surface area is 342 Å². The fraction of sp³-hybridized carbons (Fsp3) is 0.523. The van der Waals surface area contributed by atoms with Gasteiger partial charge in [-0.15, -0.1) is 0 Å². The van der Waals surface area contributed by atoms with Gasteiger partial charge in [-0.05, 0) is 92.4 Å². The van der Waals surface area contributed by atoms with Crippen LogP contribution < -0.4 is 11.2 Å². The standard InChI is InChI=1S/C43H61F2N9O.CH2O2/c1-28(2)41(43(5,6)7)50-23-31(51-46)25-53-26-37(36-24-49-17-12-39(36)53)34-21-30(11-10-16-47-8)33(22-35(34)42(44)45)38-27-52(29(3)4)18-13-40(38)54(48-9)32-14-19-55-20-15-32;2-1-3/h12,17,21-24,26,28,32,41-42,47H,3,9-11,13-16,18-20,25,27,46H2,1-2,4-8H3;1H,(H,2,3)/b50-23?,51-31+;. The highest BCUT2D eigenvalue weighted by atomic mass is 19.3. The number of nitrogens with one attached hydrogen (secondary N) is 1. The normalized spacial score (nSPS) is 16.3. The first-order chi connectivity index (χ1) is 27.7. The first-order valence-corrected chi connectivity index (χ1v) is 20.1. The van der Waals surface area contributed by atoms with Crippen LogP contribution in [0.3, 0.4) is 0 Å². The number of pyridine rings is 1. The van der Waals surface area contributed by atoms with E-state index in [-0.39, 0.29) is 29.5 Å². The van der Waals surface area contributed by atoms with Crippen molar-refractivity contribution in [1.82, 2.24) is 24.8 Å². The Kier molecular flexibility index (Phi) is 16.7. The molecule has 0 spiro atoms. The van der Waals surface area contributed by atoms with Crippen molar-refractivity contribution in [2.75, 3.05) is 39.9 Å². The summed E-state index contributed by atoms with van der Waals surface area (Å²) < 4.78 is 38.8. The lowest BCUT2D eigenvalue weighted by Crippen LogP contribution is -2.40. The number of carbonyl (C=O) groups is 1. The van der Waals surface area contributed by atoms with Gasteiger partial charge in [-0.3, -0.25) is 19.8 Å². The first kappa shape index (κ1) is 45.7. The van der Waals surface area contributed by atoms with Gasteiger partial charge in [-0.1, -0.05) is 41.2 Å². The second kappa shape index (κ2) is 21.2. The summed E-state index contributed by atoms with van der Waals surface area (Å²) in [5.74, 6) is 6.25. The monoisotopic (exact) mass is 804 g/mol. The van der Waals surface area contributed by atoms with Gasteiger partial charge >= 0.3 is 0 Å². The Bertz CT molecular complexity index is 1960. The van der Waals surface area contributed by atoms with Crippen molar-refractivity contribution in [2.45, 2.75) is 98.7 Å². The number of ether oxygens (including phenoxy) is 1. The Morgan fingerprint density at radius 2 is 1.91 bits per heavy atom. The zero-order valence-corrected chi connectivity index (χ0v) is 35.3. The molecule has 1 saturated heterocycles. The summed E-state index contributed by atoms with van der Waals surface area (Å²) in [4.78, 5) is 19.9. The third-order valence-electron chi connectivity index (χ3n) is 10.9. The Morgan fingerprint density at radius 1 is 1.21 bits per heavy atom. The summed E-state index contributed by atoms with van der Waals surface area (Å²) in [7, 11) is 1.93. The lowest BCUT2D eigenvalue weighted by atomic mass is 9.81. The molecule has 14 heteroatoms. The molecule has 4 heterocycles. The van der Waals surface area contributed by atoms with E-state index in [1.165, 1.54) is 0 Å². The van der Waals surface area contributed by atoms with Gasteiger partial charge in [0.2, 0.25) is 0 Å². The van der Waals surface area contributed by atoms with E-state index in [2.05, 4.69) is 73.3 Å². The van der Waals surface area contributed by atoms with Crippen molar-refractivity contribution in [3.63, 3.8) is 0 Å². The quantitative estimate of drug-likeness (QED) is 0.0435. The molecule has 1 aromatic carbocycles. The van der Waals surface area contributed by atoms with Crippen LogP contribution in [-0.2, 0) is 22.5 Å². The molecule has 0 bridgehead atoms. The molecule has 3 aromatic rings. The summed E-state index contributed by atoms with van der Waals surface area (Å²) in [6.07, 6.45) is 8.29. The van der Waals surface area contributed by atoms with E-state index in [0.717, 1.165) is 71.3 Å². The van der Waals surface area contributed by atoms with Crippen LogP contribution in [0.5, 0.6) is 0 Å². The summed E-state index contributed by atoms with van der Waals surface area (Å²) in [5, 5.41) is 21.6. The second-order valence-corrected chi connectivity index (χ2v) is 16.4. The van der Waals surface area contributed by atoms with Gasteiger partial charge in [-0.25, -0.2) is 8.78 Å². The minimum Gasteiger partial charge on any atom is -0.483 e. The number of aryl methyl sites for hydroxylation is 1. The maximum Gasteiger partial charge on any atom is 0.290 e. The number of hydrogen-bond donors (Lipinski definition) is 3. The minimum absolute atomic E-state index is 0.0297. The Hall–Kier alpha value is -4.95. The van der Waals surface area contributed by atoms with Crippen molar-refractivity contribution in [1.29, 1.82) is 0 Å². The van der Waals surface area contributed by atoms with Crippen molar-refractivity contribution >= 4 is 41.6 Å². The maximum absolute atomic E-state index is 15.5. The number of fused-ring (bicyclic) bond motifs is 1. The first-order valence-electron chi connectivity index (χ1n) is 20.1. The fourth-order valence-corrected chi connectivity index (χ4v) is 8.28. The Balaban J connectivity index is 0.00000240. The molecule has 0 amide bonds. The average Bonchev–Trinajstić information content (AvgIpc) is 3.55. The predicted molar refractivity (Wildman–Crippen MR) is 232 cm³/mol. The molecular weight excluding hydrogens is 741 g/mol. The van der Waals surface area contributed by atoms with Crippen molar-refractivity contribution in [2.24, 2.45) is 32.4 Å². The van der Waals surface area contributed by atoms with Crippen LogP contribution in [0.2, 0.25) is 0 Å². The molecule has 12 nitrogen and oxygen atoms in total. The average molecular weight is 804 g/mol. The Morgan fingerprint density at radius 3 is 2.50 bits per heavy atom. The molecule has 0 saturated carbocycles. The molecule has 2 aromatic heterocycles. The van der Waals surface area contributed by atoms with E-state index in [0.29, 0.717) is 61.9 Å². The third-order valence-corrected chi connectivity index (χ3v) is 10.9. The minimum atomic E-state index is -2.73. The van der Waals surface area contributed by atoms with Gasteiger partial charge in [0.15, 0.2) is 0 Å². The van der Waals surface area contributed by atoms with Crippen LogP contribution in [-0.4, -0.2) is 102 Å². The lowest BCUT2D eigenvalue weighted by Gasteiger charge is -2.40. The second-order valence-electron chi connectivity index (χ2n) is 16.4. The number of rotatable bonds is 16. The molecule has 0 radical (unpaired) electrons. The van der Waals surface area contributed by atoms with Gasteiger partial charge in [0, 0.05) is 97.7 Å². The van der Waals surface area contributed by atoms with Crippen LogP contribution in [0.15, 0.2) is 70.0 Å². The van der Waals surface area contributed by atoms with E-state index in [4.69, 9.17) is 25.5 Å². The number of benzene rings is 1. The summed E-state index contributed by atoms with van der Waals surface area (Å²) in [6.45, 7) is 24.5. The van der Waals surface area contributed by atoms with E-state index in [1.807, 2.05) is 41.9 Å². The molecule has 0 aliphatic carbocycles. The topological polar surface area (TPSA) is 146 Å². The molecule has 2 aliphatic rings. The van der Waals surface area contributed by atoms with E-state index < -0.39 is 6.43 Å². The van der Waals surface area contributed by atoms with E-state index in [9.17, 15) is 0 Å². The van der Waals surface area contributed by atoms with E-state index in [1.54, 1.807) is 24.7 Å². The molecule has 5 rings (SSSR count). The van der Waals surface area contributed by atoms with Gasteiger partial charge in [0.25, 0.3) is 12.9 Å². The van der Waals surface area contributed by atoms with Crippen LogP contribution in [0.1, 0.15) is 90.3 Å². The van der Waals surface area contributed by atoms with Gasteiger partial charge in [0.05, 0.1) is 29.9 Å². The van der Waals surface area contributed by atoms with E-state index >= 15 is 8.78 Å². The fourth-order valence-electron chi connectivity index (χ4n) is 8.28. The van der Waals surface area contributed by atoms with Crippen LogP contribution in [0.25, 0.3) is 27.6 Å². The molecule has 2 aliphatic heterocycles. The molecule has 4 N–H and O–H groups in total. The SMILES string of the molecule is C=NN(C1=C(c2cc(C(F)F)c(-c3cn(C/C(C=NC(C(C)C)C(C)(C)C)=N/N)c4ccncc34)cc2CCCNC)CN(C(=C)C)CC1)C1CCOCC1.O=CO. The highest BCUT2D eigenvalue weighted by molar-refractivity contribution is 6.30. The number of nitrogens with zero attached hydrogens (tertiary/aromatic N) is 7. The van der Waals surface area contributed by atoms with Crippen LogP contribution >= 0.6 is 0 Å². The van der Waals surface area contributed by atoms with Crippen molar-refractivity contribution < 1.29 is 23.4 Å². The van der Waals surface area contributed by atoms with Crippen molar-refractivity contribution in [3.8, 4) is 11.1 Å². The smallest absolute Gasteiger partial charge is 0.290 e. The summed E-state index contributed by atoms with van der Waals surface area (Å²) in [5.41, 5.74) is 7.30. The maximum atomic E-state index is 15.5. The third kappa shape index (κ3) is 11.2. The highest BCUT2D eigenvalue weighted by Crippen LogP contribution is 2.42. The number of hydrogen-bond acceptors (Lipinski definition) is 10. The number of halogens is 2. The summed E-state index contributed by atoms with van der Waals surface area (Å²) in [6, 6.07) is 5.81. The number of alkyl halides is 2. The number of nitrogens with two attached hydrogens (primary N) is 1. The number of hydrazone groups is 2. The van der Waals surface area contributed by atoms with Gasteiger partial charge in [0.1, 0.15) is 0 Å². The molecular formula is C44H63F2N9O3. The lowest BCUT2D eigenvalue weighted by molar-refractivity contribution is -0.122. The van der Waals surface area contributed by atoms with Gasteiger partial charge < -0.3 is 30.5 Å². The largest absolute Gasteiger partial charge is 0.483 e. The molecule has 316 valence electrons. The van der Waals surface area contributed by atoms with Crippen molar-refractivity contribution in [3.05, 3.63) is 71.5 Å². The van der Waals surface area contributed by atoms with Crippen LogP contribution in [0, 0.1) is 11.3 Å². The molecule has 1 atom stereocenters. The van der Waals surface area contributed by atoms with Gasteiger partial charge in [-0.2, -0.15) is 10.2 Å². The van der Waals surface area contributed by atoms with Crippen LogP contribution in [0.4, 0.5) is 8.78 Å². The predicted octanol–water partition coefficient (Wildman–Crippen LogP) is 8.00. The number of carboxylic acid groups (broad SMARTS) is 1. The highest BCUT2D eigenvalue weighted by Gasteiger charge is 2.32. The zero-order chi connectivity index (χ0) is 42.6. The molecule has 1 fully saturated rings. The summed E-state index contributed by atoms with van der Waals surface area (Å²) >= 11 is 0. The number of aromatic nitrogens is 2. The number of aliphatic imine (C=N–C) groups is 1. The number of allylic oxidation sites excluding steroid dienone is 1.